The summed E-state index contributed by atoms with van der Waals surface area (Å²) in [6.07, 6.45) is 0. The summed E-state index contributed by atoms with van der Waals surface area (Å²) in [4.78, 5) is 13.4. The van der Waals surface area contributed by atoms with Crippen molar-refractivity contribution in [1.82, 2.24) is 5.32 Å². The molecule has 4 aromatic rings. The van der Waals surface area contributed by atoms with E-state index >= 15 is 0 Å². The normalized spacial score (nSPS) is 10.9. The number of thiophene rings is 1. The maximum atomic E-state index is 12.6. The number of hydrogen-bond acceptors (Lipinski definition) is 3. The Bertz CT molecular complexity index is 1110. The van der Waals surface area contributed by atoms with E-state index in [0.717, 1.165) is 38.1 Å². The minimum absolute atomic E-state index is 0.0662. The van der Waals surface area contributed by atoms with E-state index in [-0.39, 0.29) is 5.91 Å². The van der Waals surface area contributed by atoms with E-state index in [9.17, 15) is 4.79 Å². The van der Waals surface area contributed by atoms with Crippen LogP contribution in [0.2, 0.25) is 0 Å². The summed E-state index contributed by atoms with van der Waals surface area (Å²) in [5, 5.41) is 7.58. The van der Waals surface area contributed by atoms with Gasteiger partial charge in [-0.2, -0.15) is 0 Å². The number of carbonyl (C=O) groups excluding carboxylic acids is 1. The quantitative estimate of drug-likeness (QED) is 0.435. The molecule has 0 aliphatic carbocycles. The van der Waals surface area contributed by atoms with E-state index in [1.165, 1.54) is 22.5 Å². The number of anilines is 1. The van der Waals surface area contributed by atoms with Crippen molar-refractivity contribution in [2.45, 2.75) is 13.1 Å². The molecule has 3 nitrogen and oxygen atoms in total. The van der Waals surface area contributed by atoms with Crippen molar-refractivity contribution in [3.05, 3.63) is 94.9 Å². The number of benzene rings is 3. The Balaban J connectivity index is 1.44. The van der Waals surface area contributed by atoms with Gasteiger partial charge < -0.3 is 0 Å². The Morgan fingerprint density at radius 1 is 0.857 bits per heavy atom. The fourth-order valence-electron chi connectivity index (χ4n) is 3.02. The number of carbonyl (C=O) groups is 1. The standard InChI is InChI=1S/C23H19AsN2OS/c24-19-8-4-5-9-20(19)26-23(27)22-13-18-12-17(10-11-21(18)28-22)15-25-14-16-6-2-1-3-7-16/h1-13,25H,14-15H2,(H,26,27). The van der Waals surface area contributed by atoms with Gasteiger partial charge in [0.1, 0.15) is 0 Å². The zero-order valence-electron chi connectivity index (χ0n) is 15.2. The molecule has 1 heterocycles. The van der Waals surface area contributed by atoms with Crippen LogP contribution in [0, 0.1) is 0 Å². The summed E-state index contributed by atoms with van der Waals surface area (Å²) < 4.78 is 2.12. The Morgan fingerprint density at radius 3 is 2.43 bits per heavy atom. The molecule has 3 aromatic carbocycles. The van der Waals surface area contributed by atoms with Crippen molar-refractivity contribution in [3.8, 4) is 0 Å². The van der Waals surface area contributed by atoms with Crippen molar-refractivity contribution in [1.29, 1.82) is 0 Å². The van der Waals surface area contributed by atoms with Gasteiger partial charge in [-0.15, -0.1) is 0 Å². The predicted molar refractivity (Wildman–Crippen MR) is 119 cm³/mol. The molecular formula is C23H19AsN2OS. The van der Waals surface area contributed by atoms with Crippen molar-refractivity contribution in [2.75, 3.05) is 5.32 Å². The van der Waals surface area contributed by atoms with Gasteiger partial charge in [-0.05, 0) is 5.56 Å². The second-order valence-electron chi connectivity index (χ2n) is 6.54. The molecule has 4 rings (SSSR count). The van der Waals surface area contributed by atoms with Gasteiger partial charge in [-0.1, -0.05) is 30.3 Å². The number of hydrogen-bond donors (Lipinski definition) is 2. The first-order chi connectivity index (χ1) is 13.7. The first kappa shape index (κ1) is 18.9. The monoisotopic (exact) mass is 446 g/mol. The van der Waals surface area contributed by atoms with Crippen molar-refractivity contribution in [2.24, 2.45) is 0 Å². The van der Waals surface area contributed by atoms with E-state index in [0.29, 0.717) is 0 Å². The molecule has 0 atom stereocenters. The van der Waals surface area contributed by atoms with Crippen LogP contribution in [0.25, 0.3) is 10.1 Å². The summed E-state index contributed by atoms with van der Waals surface area (Å²) in [7, 11) is 0. The summed E-state index contributed by atoms with van der Waals surface area (Å²) in [5.74, 6) is -0.0662. The topological polar surface area (TPSA) is 41.1 Å². The van der Waals surface area contributed by atoms with Crippen LogP contribution in [-0.2, 0) is 13.1 Å². The molecule has 5 heteroatoms. The van der Waals surface area contributed by atoms with Gasteiger partial charge in [0.25, 0.3) is 0 Å². The van der Waals surface area contributed by atoms with E-state index < -0.39 is 0 Å². The third-order valence-corrected chi connectivity index (χ3v) is 6.39. The average Bonchev–Trinajstić information content (AvgIpc) is 3.14. The number of para-hydroxylation sites is 1. The van der Waals surface area contributed by atoms with E-state index in [1.807, 2.05) is 36.4 Å². The van der Waals surface area contributed by atoms with Crippen LogP contribution in [0.3, 0.4) is 0 Å². The van der Waals surface area contributed by atoms with E-state index in [1.54, 1.807) is 0 Å². The van der Waals surface area contributed by atoms with Crippen LogP contribution in [0.1, 0.15) is 20.8 Å². The Kier molecular flexibility index (Phi) is 5.92. The SMILES string of the molecule is O=C(Nc1ccccc1[As])c1cc2cc(CNCc3ccccc3)ccc2s1. The molecule has 0 bridgehead atoms. The van der Waals surface area contributed by atoms with Crippen LogP contribution in [0.15, 0.2) is 78.9 Å². The number of fused-ring (bicyclic) bond motifs is 1. The maximum absolute atomic E-state index is 12.6. The fourth-order valence-corrected chi connectivity index (χ4v) is 4.42. The van der Waals surface area contributed by atoms with Gasteiger partial charge in [0.15, 0.2) is 0 Å². The van der Waals surface area contributed by atoms with Gasteiger partial charge in [-0.3, -0.25) is 0 Å². The molecule has 0 unspecified atom stereocenters. The Hall–Kier alpha value is -2.39. The van der Waals surface area contributed by atoms with Crippen LogP contribution < -0.4 is 15.0 Å². The summed E-state index contributed by atoms with van der Waals surface area (Å²) >= 11 is 4.01. The Labute approximate surface area is 177 Å². The first-order valence-electron chi connectivity index (χ1n) is 9.05. The van der Waals surface area contributed by atoms with Crippen LogP contribution in [-0.4, -0.2) is 22.8 Å². The van der Waals surface area contributed by atoms with Crippen molar-refractivity contribution < 1.29 is 4.79 Å². The molecule has 0 spiro atoms. The van der Waals surface area contributed by atoms with E-state index in [2.05, 4.69) is 70.0 Å². The molecule has 0 aliphatic rings. The summed E-state index contributed by atoms with van der Waals surface area (Å²) in [5.41, 5.74) is 3.31. The zero-order valence-corrected chi connectivity index (χ0v) is 17.9. The number of nitrogens with one attached hydrogen (secondary N) is 2. The molecule has 28 heavy (non-hydrogen) atoms. The van der Waals surface area contributed by atoms with Crippen LogP contribution in [0.4, 0.5) is 5.69 Å². The number of amides is 1. The van der Waals surface area contributed by atoms with Gasteiger partial charge in [0.05, 0.1) is 0 Å². The molecule has 0 aliphatic heterocycles. The second kappa shape index (κ2) is 8.74. The first-order valence-corrected chi connectivity index (χ1v) is 10.8. The van der Waals surface area contributed by atoms with Crippen LogP contribution in [0.5, 0.6) is 0 Å². The summed E-state index contributed by atoms with van der Waals surface area (Å²) in [6, 6.07) is 26.5. The van der Waals surface area contributed by atoms with E-state index in [4.69, 9.17) is 0 Å². The van der Waals surface area contributed by atoms with Crippen molar-refractivity contribution >= 4 is 54.2 Å². The Morgan fingerprint density at radius 2 is 1.61 bits per heavy atom. The van der Waals surface area contributed by atoms with Gasteiger partial charge >= 0.3 is 142 Å². The van der Waals surface area contributed by atoms with Gasteiger partial charge in [0.2, 0.25) is 0 Å². The minimum atomic E-state index is -0.0662. The molecule has 1 aromatic heterocycles. The molecule has 1 amide bonds. The fraction of sp³-hybridized carbons (Fsp3) is 0.0870. The molecule has 2 N–H and O–H groups in total. The van der Waals surface area contributed by atoms with Crippen LogP contribution >= 0.6 is 11.3 Å². The van der Waals surface area contributed by atoms with Crippen molar-refractivity contribution in [3.63, 3.8) is 0 Å². The third-order valence-electron chi connectivity index (χ3n) is 4.46. The molecular weight excluding hydrogens is 427 g/mol. The van der Waals surface area contributed by atoms with Gasteiger partial charge in [-0.25, -0.2) is 0 Å². The average molecular weight is 446 g/mol. The predicted octanol–water partition coefficient (Wildman–Crippen LogP) is 4.24. The van der Waals surface area contributed by atoms with Gasteiger partial charge in [0, 0.05) is 0 Å². The third kappa shape index (κ3) is 4.53. The molecule has 138 valence electrons. The zero-order chi connectivity index (χ0) is 19.3. The molecule has 0 saturated heterocycles. The number of rotatable bonds is 6. The molecule has 2 radical (unpaired) electrons. The molecule has 0 saturated carbocycles. The second-order valence-corrected chi connectivity index (χ2v) is 8.64. The molecule has 0 fully saturated rings. The summed E-state index contributed by atoms with van der Waals surface area (Å²) in [6.45, 7) is 1.63.